The Labute approximate surface area is 107 Å². The van der Waals surface area contributed by atoms with Gasteiger partial charge in [0, 0.05) is 12.1 Å². The maximum Gasteiger partial charge on any atom is 0.224 e. The van der Waals surface area contributed by atoms with Crippen LogP contribution in [0.2, 0.25) is 0 Å². The zero-order valence-corrected chi connectivity index (χ0v) is 10.2. The second-order valence-corrected chi connectivity index (χ2v) is 4.55. The quantitative estimate of drug-likeness (QED) is 0.822. The maximum atomic E-state index is 11.8. The number of amides is 1. The summed E-state index contributed by atoms with van der Waals surface area (Å²) in [6.07, 6.45) is 7.37. The molecule has 2 rings (SSSR count). The van der Waals surface area contributed by atoms with Crippen molar-refractivity contribution in [2.45, 2.75) is 25.7 Å². The Kier molecular flexibility index (Phi) is 4.14. The highest BCUT2D eigenvalue weighted by Crippen LogP contribution is 2.21. The summed E-state index contributed by atoms with van der Waals surface area (Å²) in [5.74, 6) is 0.447. The van der Waals surface area contributed by atoms with Gasteiger partial charge >= 0.3 is 0 Å². The third-order valence-electron chi connectivity index (χ3n) is 3.08. The van der Waals surface area contributed by atoms with Crippen molar-refractivity contribution in [1.29, 1.82) is 5.26 Å². The van der Waals surface area contributed by atoms with Crippen LogP contribution in [0.3, 0.4) is 0 Å². The molecule has 0 aromatic heterocycles. The first-order chi connectivity index (χ1) is 8.78. The SMILES string of the molecule is N#CCc1ccc(NC(=O)CC2C=CCC2)cc1. The molecule has 0 aliphatic heterocycles. The Morgan fingerprint density at radius 1 is 1.39 bits per heavy atom. The molecule has 1 aliphatic carbocycles. The van der Waals surface area contributed by atoms with Gasteiger partial charge in [-0.3, -0.25) is 4.79 Å². The summed E-state index contributed by atoms with van der Waals surface area (Å²) in [4.78, 5) is 11.8. The summed E-state index contributed by atoms with van der Waals surface area (Å²) in [5, 5.41) is 11.4. The van der Waals surface area contributed by atoms with Crippen molar-refractivity contribution in [2.24, 2.45) is 5.92 Å². The number of carbonyl (C=O) groups is 1. The molecule has 1 amide bonds. The van der Waals surface area contributed by atoms with Crippen LogP contribution in [0.1, 0.15) is 24.8 Å². The maximum absolute atomic E-state index is 11.8. The van der Waals surface area contributed by atoms with E-state index >= 15 is 0 Å². The Bertz CT molecular complexity index is 482. The lowest BCUT2D eigenvalue weighted by atomic mass is 10.0. The van der Waals surface area contributed by atoms with Crippen molar-refractivity contribution < 1.29 is 4.79 Å². The number of hydrogen-bond donors (Lipinski definition) is 1. The van der Waals surface area contributed by atoms with Crippen LogP contribution in [-0.2, 0) is 11.2 Å². The predicted molar refractivity (Wildman–Crippen MR) is 70.9 cm³/mol. The van der Waals surface area contributed by atoms with Gasteiger partial charge < -0.3 is 5.32 Å². The Morgan fingerprint density at radius 3 is 2.78 bits per heavy atom. The fourth-order valence-corrected chi connectivity index (χ4v) is 2.11. The number of nitrogens with zero attached hydrogens (tertiary/aromatic N) is 1. The number of carbonyl (C=O) groups excluding carboxylic acids is 1. The number of benzene rings is 1. The van der Waals surface area contributed by atoms with Crippen molar-refractivity contribution in [2.75, 3.05) is 5.32 Å². The lowest BCUT2D eigenvalue weighted by Crippen LogP contribution is -2.14. The van der Waals surface area contributed by atoms with E-state index in [-0.39, 0.29) is 5.91 Å². The molecule has 0 saturated heterocycles. The van der Waals surface area contributed by atoms with Gasteiger partial charge in [-0.2, -0.15) is 5.26 Å². The van der Waals surface area contributed by atoms with E-state index in [4.69, 9.17) is 5.26 Å². The minimum atomic E-state index is 0.0552. The van der Waals surface area contributed by atoms with Crippen LogP contribution in [0.25, 0.3) is 0 Å². The van der Waals surface area contributed by atoms with Crippen LogP contribution in [0.15, 0.2) is 36.4 Å². The molecular weight excluding hydrogens is 224 g/mol. The second kappa shape index (κ2) is 6.02. The van der Waals surface area contributed by atoms with E-state index in [0.29, 0.717) is 18.8 Å². The number of nitrogens with one attached hydrogen (secondary N) is 1. The highest BCUT2D eigenvalue weighted by atomic mass is 16.1. The van der Waals surface area contributed by atoms with Crippen LogP contribution in [0.4, 0.5) is 5.69 Å². The van der Waals surface area contributed by atoms with Gasteiger partial charge in [-0.1, -0.05) is 24.3 Å². The molecule has 0 saturated carbocycles. The Hall–Kier alpha value is -2.08. The fraction of sp³-hybridized carbons (Fsp3) is 0.333. The summed E-state index contributed by atoms with van der Waals surface area (Å²) in [6.45, 7) is 0. The van der Waals surface area contributed by atoms with Gasteiger partial charge in [0.1, 0.15) is 0 Å². The number of nitriles is 1. The molecule has 1 aromatic rings. The van der Waals surface area contributed by atoms with Crippen molar-refractivity contribution >= 4 is 11.6 Å². The summed E-state index contributed by atoms with van der Waals surface area (Å²) in [7, 11) is 0. The minimum absolute atomic E-state index is 0.0552. The summed E-state index contributed by atoms with van der Waals surface area (Å²) in [6, 6.07) is 9.52. The Morgan fingerprint density at radius 2 is 2.17 bits per heavy atom. The van der Waals surface area contributed by atoms with Gasteiger partial charge in [0.2, 0.25) is 5.91 Å². The van der Waals surface area contributed by atoms with E-state index in [1.54, 1.807) is 0 Å². The van der Waals surface area contributed by atoms with Crippen LogP contribution in [0.5, 0.6) is 0 Å². The first-order valence-electron chi connectivity index (χ1n) is 6.20. The van der Waals surface area contributed by atoms with E-state index in [9.17, 15) is 4.79 Å². The summed E-state index contributed by atoms with van der Waals surface area (Å²) < 4.78 is 0. The molecular formula is C15H16N2O. The molecule has 1 N–H and O–H groups in total. The average Bonchev–Trinajstić information content (AvgIpc) is 2.84. The average molecular weight is 240 g/mol. The van der Waals surface area contributed by atoms with Crippen molar-refractivity contribution in [1.82, 2.24) is 0 Å². The predicted octanol–water partition coefficient (Wildman–Crippen LogP) is 3.05. The van der Waals surface area contributed by atoms with E-state index in [1.165, 1.54) is 0 Å². The number of hydrogen-bond acceptors (Lipinski definition) is 2. The molecule has 18 heavy (non-hydrogen) atoms. The zero-order valence-electron chi connectivity index (χ0n) is 10.2. The standard InChI is InChI=1S/C15H16N2O/c16-10-9-12-5-7-14(8-6-12)17-15(18)11-13-3-1-2-4-13/h1,3,5-8,13H,2,4,9,11H2,(H,17,18). The molecule has 0 heterocycles. The molecule has 0 fully saturated rings. The largest absolute Gasteiger partial charge is 0.326 e. The van der Waals surface area contributed by atoms with Crippen LogP contribution in [0, 0.1) is 17.2 Å². The molecule has 0 radical (unpaired) electrons. The number of rotatable bonds is 4. The third kappa shape index (κ3) is 3.46. The molecule has 1 atom stereocenters. The fourth-order valence-electron chi connectivity index (χ4n) is 2.11. The van der Waals surface area contributed by atoms with E-state index in [0.717, 1.165) is 24.1 Å². The highest BCUT2D eigenvalue weighted by Gasteiger charge is 2.13. The lowest BCUT2D eigenvalue weighted by molar-refractivity contribution is -0.116. The monoisotopic (exact) mass is 240 g/mol. The van der Waals surface area contributed by atoms with Gasteiger partial charge in [-0.05, 0) is 36.5 Å². The van der Waals surface area contributed by atoms with Gasteiger partial charge in [0.25, 0.3) is 0 Å². The van der Waals surface area contributed by atoms with E-state index in [2.05, 4.69) is 23.5 Å². The summed E-state index contributed by atoms with van der Waals surface area (Å²) in [5.41, 5.74) is 1.76. The second-order valence-electron chi connectivity index (χ2n) is 4.55. The highest BCUT2D eigenvalue weighted by molar-refractivity contribution is 5.91. The van der Waals surface area contributed by atoms with Crippen LogP contribution in [-0.4, -0.2) is 5.91 Å². The molecule has 1 aliphatic rings. The van der Waals surface area contributed by atoms with Gasteiger partial charge in [0.15, 0.2) is 0 Å². The third-order valence-corrected chi connectivity index (χ3v) is 3.08. The van der Waals surface area contributed by atoms with E-state index < -0.39 is 0 Å². The topological polar surface area (TPSA) is 52.9 Å². The van der Waals surface area contributed by atoms with Gasteiger partial charge in [-0.15, -0.1) is 0 Å². The first-order valence-corrected chi connectivity index (χ1v) is 6.20. The smallest absolute Gasteiger partial charge is 0.224 e. The molecule has 1 aromatic carbocycles. The molecule has 3 heteroatoms. The normalized spacial score (nSPS) is 17.4. The molecule has 92 valence electrons. The van der Waals surface area contributed by atoms with Crippen molar-refractivity contribution in [3.8, 4) is 6.07 Å². The van der Waals surface area contributed by atoms with Crippen molar-refractivity contribution in [3.05, 3.63) is 42.0 Å². The summed E-state index contributed by atoms with van der Waals surface area (Å²) >= 11 is 0. The Balaban J connectivity index is 1.86. The number of allylic oxidation sites excluding steroid dienone is 2. The van der Waals surface area contributed by atoms with Gasteiger partial charge in [-0.25, -0.2) is 0 Å². The molecule has 3 nitrogen and oxygen atoms in total. The van der Waals surface area contributed by atoms with Gasteiger partial charge in [0.05, 0.1) is 12.5 Å². The number of anilines is 1. The zero-order chi connectivity index (χ0) is 12.8. The van der Waals surface area contributed by atoms with E-state index in [1.807, 2.05) is 24.3 Å². The molecule has 0 spiro atoms. The molecule has 1 unspecified atom stereocenters. The van der Waals surface area contributed by atoms with Crippen LogP contribution < -0.4 is 5.32 Å². The van der Waals surface area contributed by atoms with Crippen molar-refractivity contribution in [3.63, 3.8) is 0 Å². The molecule has 0 bridgehead atoms. The lowest BCUT2D eigenvalue weighted by Gasteiger charge is -2.09. The minimum Gasteiger partial charge on any atom is -0.326 e. The van der Waals surface area contributed by atoms with Crippen LogP contribution >= 0.6 is 0 Å². The first kappa shape index (κ1) is 12.4.